The molecule has 0 unspecified atom stereocenters. The lowest BCUT2D eigenvalue weighted by Crippen LogP contribution is -2.03. The van der Waals surface area contributed by atoms with Gasteiger partial charge in [-0.05, 0) is 18.4 Å². The van der Waals surface area contributed by atoms with Gasteiger partial charge in [0.15, 0.2) is 17.0 Å². The summed E-state index contributed by atoms with van der Waals surface area (Å²) in [5.74, 6) is 6.93. The van der Waals surface area contributed by atoms with E-state index in [1.54, 1.807) is 13.3 Å². The largest absolute Gasteiger partial charge is 0.371 e. The first kappa shape index (κ1) is 13.1. The van der Waals surface area contributed by atoms with Gasteiger partial charge in [-0.3, -0.25) is 0 Å². The second kappa shape index (κ2) is 5.63. The molecule has 5 nitrogen and oxygen atoms in total. The Balaban J connectivity index is 2.11. The minimum absolute atomic E-state index is 0.504. The van der Waals surface area contributed by atoms with Crippen LogP contribution in [0.3, 0.4) is 0 Å². The maximum Gasteiger partial charge on any atom is 0.208 e. The first-order valence-electron chi connectivity index (χ1n) is 6.69. The van der Waals surface area contributed by atoms with E-state index in [-0.39, 0.29) is 0 Å². The zero-order valence-corrected chi connectivity index (χ0v) is 12.0. The molecule has 3 aromatic rings. The van der Waals surface area contributed by atoms with Gasteiger partial charge in [0.25, 0.3) is 0 Å². The van der Waals surface area contributed by atoms with Crippen molar-refractivity contribution < 1.29 is 0 Å². The van der Waals surface area contributed by atoms with Crippen LogP contribution in [0.15, 0.2) is 36.7 Å². The van der Waals surface area contributed by atoms with Crippen LogP contribution >= 0.6 is 0 Å². The topological polar surface area (TPSA) is 55.6 Å². The molecule has 2 heterocycles. The third kappa shape index (κ3) is 2.56. The Morgan fingerprint density at radius 2 is 2.00 bits per heavy atom. The van der Waals surface area contributed by atoms with Gasteiger partial charge in [0.05, 0.1) is 12.9 Å². The Morgan fingerprint density at radius 3 is 2.71 bits per heavy atom. The van der Waals surface area contributed by atoms with Crippen LogP contribution in [-0.4, -0.2) is 26.6 Å². The lowest BCUT2D eigenvalue weighted by molar-refractivity contribution is 0.812. The molecule has 1 N–H and O–H groups in total. The van der Waals surface area contributed by atoms with Gasteiger partial charge in [-0.15, -0.1) is 0 Å². The van der Waals surface area contributed by atoms with E-state index in [4.69, 9.17) is 0 Å². The van der Waals surface area contributed by atoms with Crippen LogP contribution < -0.4 is 5.32 Å². The van der Waals surface area contributed by atoms with Gasteiger partial charge in [0, 0.05) is 7.05 Å². The molecule has 0 bridgehead atoms. The summed E-state index contributed by atoms with van der Waals surface area (Å²) in [4.78, 5) is 13.3. The van der Waals surface area contributed by atoms with Gasteiger partial charge in [0.2, 0.25) is 5.82 Å². The first-order chi connectivity index (χ1) is 10.3. The van der Waals surface area contributed by atoms with Crippen molar-refractivity contribution in [1.82, 2.24) is 19.5 Å². The number of nitrogens with zero attached hydrogens (tertiary/aromatic N) is 4. The Kier molecular flexibility index (Phi) is 3.52. The highest BCUT2D eigenvalue weighted by Crippen LogP contribution is 2.19. The van der Waals surface area contributed by atoms with Crippen LogP contribution in [0.4, 0.5) is 5.82 Å². The van der Waals surface area contributed by atoms with Gasteiger partial charge >= 0.3 is 0 Å². The molecule has 1 aromatic carbocycles. The SMILES string of the molecule is CC#Cc1nc(NC)c2ncn(Cc3ccccc3)c2n1. The monoisotopic (exact) mass is 277 g/mol. The van der Waals surface area contributed by atoms with Gasteiger partial charge in [0.1, 0.15) is 0 Å². The number of rotatable bonds is 3. The number of hydrogen-bond acceptors (Lipinski definition) is 4. The molecule has 0 saturated carbocycles. The molecule has 0 aliphatic rings. The zero-order valence-electron chi connectivity index (χ0n) is 12.0. The van der Waals surface area contributed by atoms with Crippen molar-refractivity contribution in [1.29, 1.82) is 0 Å². The molecule has 5 heteroatoms. The Bertz CT molecular complexity index is 824. The molecule has 2 aromatic heterocycles. The summed E-state index contributed by atoms with van der Waals surface area (Å²) in [7, 11) is 1.82. The maximum atomic E-state index is 4.51. The van der Waals surface area contributed by atoms with Gasteiger partial charge < -0.3 is 9.88 Å². The van der Waals surface area contributed by atoms with Crippen LogP contribution in [0.25, 0.3) is 11.2 Å². The molecule has 0 radical (unpaired) electrons. The molecule has 104 valence electrons. The number of aromatic nitrogens is 4. The van der Waals surface area contributed by atoms with E-state index < -0.39 is 0 Å². The van der Waals surface area contributed by atoms with Crippen molar-refractivity contribution in [3.8, 4) is 11.8 Å². The highest BCUT2D eigenvalue weighted by atomic mass is 15.1. The fraction of sp³-hybridized carbons (Fsp3) is 0.188. The van der Waals surface area contributed by atoms with Crippen molar-refractivity contribution >= 4 is 17.0 Å². The quantitative estimate of drug-likeness (QED) is 0.746. The van der Waals surface area contributed by atoms with Crippen molar-refractivity contribution in [2.75, 3.05) is 12.4 Å². The average Bonchev–Trinajstić information content (AvgIpc) is 2.91. The number of anilines is 1. The molecular weight excluding hydrogens is 262 g/mol. The minimum atomic E-state index is 0.504. The fourth-order valence-electron chi connectivity index (χ4n) is 2.18. The number of hydrogen-bond donors (Lipinski definition) is 1. The molecule has 0 spiro atoms. The molecule has 0 amide bonds. The van der Waals surface area contributed by atoms with Crippen LogP contribution in [0.2, 0.25) is 0 Å². The van der Waals surface area contributed by atoms with Crippen LogP contribution in [0.5, 0.6) is 0 Å². The Morgan fingerprint density at radius 1 is 1.19 bits per heavy atom. The molecule has 0 atom stereocenters. The van der Waals surface area contributed by atoms with Crippen molar-refractivity contribution in [2.45, 2.75) is 13.5 Å². The number of nitrogens with one attached hydrogen (secondary N) is 1. The normalized spacial score (nSPS) is 10.2. The molecule has 3 rings (SSSR count). The summed E-state index contributed by atoms with van der Waals surface area (Å²) in [5.41, 5.74) is 2.75. The average molecular weight is 277 g/mol. The second-order valence-electron chi connectivity index (χ2n) is 4.55. The highest BCUT2D eigenvalue weighted by molar-refractivity contribution is 5.83. The van der Waals surface area contributed by atoms with E-state index in [1.165, 1.54) is 5.56 Å². The lowest BCUT2D eigenvalue weighted by Gasteiger charge is -2.05. The van der Waals surface area contributed by atoms with Gasteiger partial charge in [-0.1, -0.05) is 36.3 Å². The molecule has 0 fully saturated rings. The third-order valence-electron chi connectivity index (χ3n) is 3.13. The third-order valence-corrected chi connectivity index (χ3v) is 3.13. The summed E-state index contributed by atoms with van der Waals surface area (Å²) in [5, 5.41) is 3.05. The predicted molar refractivity (Wildman–Crippen MR) is 83.0 cm³/mol. The molecule has 21 heavy (non-hydrogen) atoms. The van der Waals surface area contributed by atoms with E-state index in [0.29, 0.717) is 11.6 Å². The summed E-state index contributed by atoms with van der Waals surface area (Å²) in [6.45, 7) is 2.49. The number of fused-ring (bicyclic) bond motifs is 1. The van der Waals surface area contributed by atoms with Crippen LogP contribution in [0, 0.1) is 11.8 Å². The maximum absolute atomic E-state index is 4.51. The standard InChI is InChI=1S/C16H15N5/c1-3-7-13-19-15(17-2)14-16(20-13)21(11-18-14)10-12-8-5-4-6-9-12/h4-6,8-9,11H,10H2,1-2H3,(H,17,19,20). The molecular formula is C16H15N5. The second-order valence-corrected chi connectivity index (χ2v) is 4.55. The summed E-state index contributed by atoms with van der Waals surface area (Å²) in [6, 6.07) is 10.2. The Labute approximate surface area is 123 Å². The van der Waals surface area contributed by atoms with Crippen molar-refractivity contribution in [3.63, 3.8) is 0 Å². The van der Waals surface area contributed by atoms with E-state index in [2.05, 4.69) is 44.2 Å². The van der Waals surface area contributed by atoms with Gasteiger partial charge in [-0.25, -0.2) is 15.0 Å². The highest BCUT2D eigenvalue weighted by Gasteiger charge is 2.11. The van der Waals surface area contributed by atoms with Gasteiger partial charge in [-0.2, -0.15) is 0 Å². The number of imidazole rings is 1. The fourth-order valence-corrected chi connectivity index (χ4v) is 2.18. The van der Waals surface area contributed by atoms with Crippen molar-refractivity contribution in [2.24, 2.45) is 0 Å². The van der Waals surface area contributed by atoms with E-state index in [0.717, 1.165) is 17.7 Å². The van der Waals surface area contributed by atoms with Crippen LogP contribution in [-0.2, 0) is 6.54 Å². The van der Waals surface area contributed by atoms with Crippen molar-refractivity contribution in [3.05, 3.63) is 48.0 Å². The lowest BCUT2D eigenvalue weighted by atomic mass is 10.2. The first-order valence-corrected chi connectivity index (χ1v) is 6.69. The molecule has 0 aliphatic heterocycles. The number of benzene rings is 1. The van der Waals surface area contributed by atoms with Crippen LogP contribution in [0.1, 0.15) is 18.3 Å². The predicted octanol–water partition coefficient (Wildman–Crippen LogP) is 2.29. The van der Waals surface area contributed by atoms with E-state index >= 15 is 0 Å². The minimum Gasteiger partial charge on any atom is -0.371 e. The Hall–Kier alpha value is -2.87. The van der Waals surface area contributed by atoms with E-state index in [1.807, 2.05) is 29.8 Å². The zero-order chi connectivity index (χ0) is 14.7. The summed E-state index contributed by atoms with van der Waals surface area (Å²) >= 11 is 0. The summed E-state index contributed by atoms with van der Waals surface area (Å²) < 4.78 is 2.01. The van der Waals surface area contributed by atoms with E-state index in [9.17, 15) is 0 Å². The smallest absolute Gasteiger partial charge is 0.208 e. The molecule has 0 saturated heterocycles. The molecule has 0 aliphatic carbocycles. The summed E-state index contributed by atoms with van der Waals surface area (Å²) in [6.07, 6.45) is 1.79.